The number of hydrogen-bond donors (Lipinski definition) is 1. The number of para-hydroxylation sites is 1. The zero-order valence-corrected chi connectivity index (χ0v) is 17.4. The molecule has 0 bridgehead atoms. The van der Waals surface area contributed by atoms with Crippen LogP contribution in [0.3, 0.4) is 0 Å². The van der Waals surface area contributed by atoms with Gasteiger partial charge >= 0.3 is 0 Å². The SMILES string of the molecule is CNC(=O)c1cccc(CSc2nnc(CN3CCCC3)n2-c2ccccc2)c1. The molecule has 1 saturated heterocycles. The molecule has 1 aromatic heterocycles. The highest BCUT2D eigenvalue weighted by Gasteiger charge is 2.19. The Morgan fingerprint density at radius 1 is 1.07 bits per heavy atom. The summed E-state index contributed by atoms with van der Waals surface area (Å²) in [7, 11) is 1.65. The molecule has 0 atom stereocenters. The van der Waals surface area contributed by atoms with Crippen LogP contribution in [0.4, 0.5) is 0 Å². The lowest BCUT2D eigenvalue weighted by Gasteiger charge is -2.16. The third kappa shape index (κ3) is 4.68. The Hall–Kier alpha value is -2.64. The van der Waals surface area contributed by atoms with Crippen LogP contribution in [0, 0.1) is 0 Å². The van der Waals surface area contributed by atoms with Crippen molar-refractivity contribution in [2.45, 2.75) is 30.3 Å². The second-order valence-electron chi connectivity index (χ2n) is 7.12. The smallest absolute Gasteiger partial charge is 0.251 e. The zero-order valence-electron chi connectivity index (χ0n) is 16.5. The Balaban J connectivity index is 1.57. The van der Waals surface area contributed by atoms with Gasteiger partial charge in [0.15, 0.2) is 11.0 Å². The van der Waals surface area contributed by atoms with Gasteiger partial charge in [-0.15, -0.1) is 10.2 Å². The summed E-state index contributed by atoms with van der Waals surface area (Å²) in [4.78, 5) is 14.3. The molecule has 0 unspecified atom stereocenters. The average molecular weight is 408 g/mol. The summed E-state index contributed by atoms with van der Waals surface area (Å²) in [6.07, 6.45) is 2.51. The molecule has 7 heteroatoms. The van der Waals surface area contributed by atoms with Crippen molar-refractivity contribution < 1.29 is 4.79 Å². The Morgan fingerprint density at radius 3 is 2.62 bits per heavy atom. The molecule has 0 radical (unpaired) electrons. The monoisotopic (exact) mass is 407 g/mol. The van der Waals surface area contributed by atoms with Gasteiger partial charge in [0.2, 0.25) is 0 Å². The van der Waals surface area contributed by atoms with Crippen molar-refractivity contribution in [1.29, 1.82) is 0 Å². The van der Waals surface area contributed by atoms with Gasteiger partial charge in [0.1, 0.15) is 0 Å². The fourth-order valence-electron chi connectivity index (χ4n) is 3.57. The summed E-state index contributed by atoms with van der Waals surface area (Å²) in [5.74, 6) is 1.62. The zero-order chi connectivity index (χ0) is 20.1. The number of hydrogen-bond acceptors (Lipinski definition) is 5. The highest BCUT2D eigenvalue weighted by Crippen LogP contribution is 2.26. The number of nitrogens with one attached hydrogen (secondary N) is 1. The van der Waals surface area contributed by atoms with Crippen molar-refractivity contribution in [2.75, 3.05) is 20.1 Å². The van der Waals surface area contributed by atoms with E-state index in [4.69, 9.17) is 0 Å². The molecular weight excluding hydrogens is 382 g/mol. The minimum absolute atomic E-state index is 0.0720. The van der Waals surface area contributed by atoms with Gasteiger partial charge in [0, 0.05) is 24.1 Å². The van der Waals surface area contributed by atoms with Crippen molar-refractivity contribution in [3.63, 3.8) is 0 Å². The number of aromatic nitrogens is 3. The van der Waals surface area contributed by atoms with Gasteiger partial charge in [-0.1, -0.05) is 42.1 Å². The van der Waals surface area contributed by atoms with Crippen molar-refractivity contribution in [1.82, 2.24) is 25.0 Å². The topological polar surface area (TPSA) is 63.1 Å². The fourth-order valence-corrected chi connectivity index (χ4v) is 4.48. The van der Waals surface area contributed by atoms with E-state index in [-0.39, 0.29) is 5.91 Å². The first-order valence-electron chi connectivity index (χ1n) is 9.90. The molecule has 0 aliphatic carbocycles. The minimum atomic E-state index is -0.0720. The standard InChI is InChI=1S/C22H25N5OS/c1-23-21(28)18-9-7-8-17(14-18)16-29-22-25-24-20(15-26-12-5-6-13-26)27(22)19-10-3-2-4-11-19/h2-4,7-11,14H,5-6,12-13,15-16H2,1H3,(H,23,28). The van der Waals surface area contributed by atoms with Gasteiger partial charge in [-0.25, -0.2) is 0 Å². The van der Waals surface area contributed by atoms with E-state index in [0.717, 1.165) is 47.6 Å². The molecule has 1 aliphatic rings. The van der Waals surface area contributed by atoms with Crippen LogP contribution in [0.1, 0.15) is 34.6 Å². The molecule has 0 spiro atoms. The number of amides is 1. The molecule has 4 rings (SSSR count). The van der Waals surface area contributed by atoms with Gasteiger partial charge in [0.05, 0.1) is 6.54 Å². The van der Waals surface area contributed by atoms with Crippen LogP contribution in [0.15, 0.2) is 59.8 Å². The molecule has 1 aliphatic heterocycles. The van der Waals surface area contributed by atoms with E-state index in [1.165, 1.54) is 12.8 Å². The summed E-state index contributed by atoms with van der Waals surface area (Å²) in [5, 5.41) is 12.6. The van der Waals surface area contributed by atoms with Crippen LogP contribution >= 0.6 is 11.8 Å². The molecule has 0 saturated carbocycles. The predicted octanol–water partition coefficient (Wildman–Crippen LogP) is 3.52. The second-order valence-corrected chi connectivity index (χ2v) is 8.06. The van der Waals surface area contributed by atoms with E-state index in [2.05, 4.69) is 37.1 Å². The average Bonchev–Trinajstić information content (AvgIpc) is 3.43. The van der Waals surface area contributed by atoms with E-state index >= 15 is 0 Å². The summed E-state index contributed by atoms with van der Waals surface area (Å²) in [5.41, 5.74) is 2.83. The Labute approximate surface area is 175 Å². The molecule has 1 amide bonds. The minimum Gasteiger partial charge on any atom is -0.355 e. The van der Waals surface area contributed by atoms with Gasteiger partial charge in [-0.3, -0.25) is 14.3 Å². The van der Waals surface area contributed by atoms with Crippen molar-refractivity contribution in [3.8, 4) is 5.69 Å². The largest absolute Gasteiger partial charge is 0.355 e. The quantitative estimate of drug-likeness (QED) is 0.607. The number of rotatable bonds is 7. The van der Waals surface area contributed by atoms with Crippen LogP contribution in [-0.4, -0.2) is 45.7 Å². The third-order valence-corrected chi connectivity index (χ3v) is 6.06. The molecule has 150 valence electrons. The summed E-state index contributed by atoms with van der Waals surface area (Å²) in [6.45, 7) is 3.06. The lowest BCUT2D eigenvalue weighted by Crippen LogP contribution is -2.21. The first-order chi connectivity index (χ1) is 14.2. The first kappa shape index (κ1) is 19.7. The van der Waals surface area contributed by atoms with Crippen LogP contribution < -0.4 is 5.32 Å². The number of carbonyl (C=O) groups is 1. The normalized spacial score (nSPS) is 14.2. The number of benzene rings is 2. The number of likely N-dealkylation sites (tertiary alicyclic amines) is 1. The highest BCUT2D eigenvalue weighted by atomic mass is 32.2. The van der Waals surface area contributed by atoms with Gasteiger partial charge in [-0.05, 0) is 55.8 Å². The molecule has 3 aromatic rings. The third-order valence-electron chi connectivity index (χ3n) is 5.06. The number of thioether (sulfide) groups is 1. The second kappa shape index (κ2) is 9.24. The Morgan fingerprint density at radius 2 is 1.86 bits per heavy atom. The Bertz CT molecular complexity index is 966. The highest BCUT2D eigenvalue weighted by molar-refractivity contribution is 7.98. The van der Waals surface area contributed by atoms with E-state index < -0.39 is 0 Å². The molecular formula is C22H25N5OS. The van der Waals surface area contributed by atoms with Crippen molar-refractivity contribution in [2.24, 2.45) is 0 Å². The van der Waals surface area contributed by atoms with Crippen LogP contribution in [0.2, 0.25) is 0 Å². The summed E-state index contributed by atoms with van der Waals surface area (Å²) >= 11 is 1.64. The number of nitrogens with zero attached hydrogens (tertiary/aromatic N) is 4. The first-order valence-corrected chi connectivity index (χ1v) is 10.9. The molecule has 1 fully saturated rings. The Kier molecular flexibility index (Phi) is 6.27. The van der Waals surface area contributed by atoms with Crippen molar-refractivity contribution >= 4 is 17.7 Å². The summed E-state index contributed by atoms with van der Waals surface area (Å²) in [6, 6.07) is 18.0. The molecule has 2 heterocycles. The predicted molar refractivity (Wildman–Crippen MR) is 115 cm³/mol. The van der Waals surface area contributed by atoms with Gasteiger partial charge in [0.25, 0.3) is 5.91 Å². The molecule has 2 aromatic carbocycles. The maximum absolute atomic E-state index is 11.9. The lowest BCUT2D eigenvalue weighted by molar-refractivity contribution is 0.0963. The fraction of sp³-hybridized carbons (Fsp3) is 0.318. The van der Waals surface area contributed by atoms with Crippen molar-refractivity contribution in [3.05, 3.63) is 71.5 Å². The van der Waals surface area contributed by atoms with E-state index in [1.54, 1.807) is 18.8 Å². The van der Waals surface area contributed by atoms with Crippen LogP contribution in [-0.2, 0) is 12.3 Å². The van der Waals surface area contributed by atoms with Crippen LogP contribution in [0.5, 0.6) is 0 Å². The molecule has 1 N–H and O–H groups in total. The van der Waals surface area contributed by atoms with E-state index in [9.17, 15) is 4.79 Å². The van der Waals surface area contributed by atoms with Gasteiger partial charge in [-0.2, -0.15) is 0 Å². The van der Waals surface area contributed by atoms with E-state index in [0.29, 0.717) is 5.56 Å². The lowest BCUT2D eigenvalue weighted by atomic mass is 10.1. The van der Waals surface area contributed by atoms with Gasteiger partial charge < -0.3 is 5.32 Å². The molecule has 29 heavy (non-hydrogen) atoms. The number of carbonyl (C=O) groups excluding carboxylic acids is 1. The van der Waals surface area contributed by atoms with E-state index in [1.807, 2.05) is 42.5 Å². The molecule has 6 nitrogen and oxygen atoms in total. The maximum Gasteiger partial charge on any atom is 0.251 e. The maximum atomic E-state index is 11.9. The van der Waals surface area contributed by atoms with Crippen LogP contribution in [0.25, 0.3) is 5.69 Å². The summed E-state index contributed by atoms with van der Waals surface area (Å²) < 4.78 is 2.16.